The maximum Gasteiger partial charge on any atom is 0.254 e. The molecule has 24 heavy (non-hydrogen) atoms. The summed E-state index contributed by atoms with van der Waals surface area (Å²) in [7, 11) is 0. The minimum Gasteiger partial charge on any atom is -0.341 e. The second kappa shape index (κ2) is 7.75. The van der Waals surface area contributed by atoms with Crippen molar-refractivity contribution in [2.45, 2.75) is 19.3 Å². The normalized spacial score (nSPS) is 22.1. The number of nitrogens with one attached hydrogen (secondary N) is 1. The molecule has 1 aromatic carbocycles. The van der Waals surface area contributed by atoms with Gasteiger partial charge in [0.15, 0.2) is 0 Å². The minimum absolute atomic E-state index is 0.0595. The molecule has 5 nitrogen and oxygen atoms in total. The minimum atomic E-state index is -0.405. The van der Waals surface area contributed by atoms with E-state index in [0.29, 0.717) is 31.7 Å². The average Bonchev–Trinajstić information content (AvgIpc) is 2.87. The van der Waals surface area contributed by atoms with Crippen LogP contribution in [0.5, 0.6) is 0 Å². The van der Waals surface area contributed by atoms with E-state index in [1.807, 2.05) is 4.90 Å². The van der Waals surface area contributed by atoms with Crippen LogP contribution < -0.4 is 5.32 Å². The second-order valence-corrected chi connectivity index (χ2v) is 6.52. The van der Waals surface area contributed by atoms with Crippen LogP contribution in [0.25, 0.3) is 0 Å². The average molecular weight is 333 g/mol. The topological polar surface area (TPSA) is 52.7 Å². The Bertz CT molecular complexity index is 602. The number of amides is 2. The fourth-order valence-corrected chi connectivity index (χ4v) is 3.47. The van der Waals surface area contributed by atoms with Crippen LogP contribution in [0.3, 0.4) is 0 Å². The third-order valence-corrected chi connectivity index (χ3v) is 4.81. The molecular formula is C18H24FN3O2. The Hall–Kier alpha value is -1.95. The van der Waals surface area contributed by atoms with E-state index in [0.717, 1.165) is 32.4 Å². The number of nitrogens with zero attached hydrogens (tertiary/aromatic N) is 2. The summed E-state index contributed by atoms with van der Waals surface area (Å²) in [5.74, 6) is -0.313. The highest BCUT2D eigenvalue weighted by Gasteiger charge is 2.28. The first kappa shape index (κ1) is 16.9. The van der Waals surface area contributed by atoms with Crippen molar-refractivity contribution in [2.75, 3.05) is 39.3 Å². The SMILES string of the molecule is O=C(c1cccc(F)c1)N1CCCN(C(=O)C2CCCNC2)CC1. The highest BCUT2D eigenvalue weighted by Crippen LogP contribution is 2.16. The summed E-state index contributed by atoms with van der Waals surface area (Å²) in [4.78, 5) is 28.8. The van der Waals surface area contributed by atoms with Gasteiger partial charge in [0.1, 0.15) is 5.82 Å². The molecule has 0 radical (unpaired) electrons. The zero-order chi connectivity index (χ0) is 16.9. The van der Waals surface area contributed by atoms with Crippen LogP contribution in [0, 0.1) is 11.7 Å². The fraction of sp³-hybridized carbons (Fsp3) is 0.556. The molecular weight excluding hydrogens is 309 g/mol. The van der Waals surface area contributed by atoms with Crippen LogP contribution in [-0.4, -0.2) is 60.9 Å². The fourth-order valence-electron chi connectivity index (χ4n) is 3.47. The Labute approximate surface area is 141 Å². The lowest BCUT2D eigenvalue weighted by Crippen LogP contribution is -2.44. The van der Waals surface area contributed by atoms with Crippen molar-refractivity contribution in [3.8, 4) is 0 Å². The van der Waals surface area contributed by atoms with E-state index in [2.05, 4.69) is 5.32 Å². The highest BCUT2D eigenvalue weighted by atomic mass is 19.1. The van der Waals surface area contributed by atoms with Crippen molar-refractivity contribution in [3.63, 3.8) is 0 Å². The maximum atomic E-state index is 13.3. The number of halogens is 1. The summed E-state index contributed by atoms with van der Waals surface area (Å²) in [5, 5.41) is 3.28. The molecule has 0 spiro atoms. The van der Waals surface area contributed by atoms with Gasteiger partial charge in [-0.25, -0.2) is 4.39 Å². The van der Waals surface area contributed by atoms with Gasteiger partial charge in [0.2, 0.25) is 5.91 Å². The van der Waals surface area contributed by atoms with Crippen LogP contribution in [0.1, 0.15) is 29.6 Å². The number of rotatable bonds is 2. The van der Waals surface area contributed by atoms with Gasteiger partial charge in [-0.05, 0) is 44.0 Å². The Morgan fingerprint density at radius 1 is 1.08 bits per heavy atom. The molecule has 2 saturated heterocycles. The third-order valence-electron chi connectivity index (χ3n) is 4.81. The number of carbonyl (C=O) groups excluding carboxylic acids is 2. The quantitative estimate of drug-likeness (QED) is 0.892. The van der Waals surface area contributed by atoms with Crippen LogP contribution in [-0.2, 0) is 4.79 Å². The molecule has 130 valence electrons. The first-order valence-electron chi connectivity index (χ1n) is 8.69. The standard InChI is InChI=1S/C18H24FN3O2/c19-16-6-1-4-14(12-16)17(23)21-8-3-9-22(11-10-21)18(24)15-5-2-7-20-13-15/h1,4,6,12,15,20H,2-3,5,7-11,13H2. The number of hydrogen-bond donors (Lipinski definition) is 1. The molecule has 1 atom stereocenters. The molecule has 2 amide bonds. The van der Waals surface area contributed by atoms with Crippen molar-refractivity contribution in [3.05, 3.63) is 35.6 Å². The Balaban J connectivity index is 1.60. The van der Waals surface area contributed by atoms with Gasteiger partial charge in [0.05, 0.1) is 5.92 Å². The van der Waals surface area contributed by atoms with Gasteiger partial charge >= 0.3 is 0 Å². The predicted octanol–water partition coefficient (Wildman–Crippen LogP) is 1.50. The molecule has 1 aromatic rings. The lowest BCUT2D eigenvalue weighted by atomic mass is 9.98. The summed E-state index contributed by atoms with van der Waals surface area (Å²) in [6, 6.07) is 5.78. The molecule has 0 aliphatic carbocycles. The van der Waals surface area contributed by atoms with Gasteiger partial charge in [-0.15, -0.1) is 0 Å². The predicted molar refractivity (Wildman–Crippen MR) is 89.1 cm³/mol. The van der Waals surface area contributed by atoms with Gasteiger partial charge in [-0.3, -0.25) is 9.59 Å². The van der Waals surface area contributed by atoms with Crippen molar-refractivity contribution in [2.24, 2.45) is 5.92 Å². The first-order chi connectivity index (χ1) is 11.6. The second-order valence-electron chi connectivity index (χ2n) is 6.52. The molecule has 3 rings (SSSR count). The van der Waals surface area contributed by atoms with Crippen molar-refractivity contribution >= 4 is 11.8 Å². The molecule has 1 unspecified atom stereocenters. The molecule has 2 aliphatic heterocycles. The summed E-state index contributed by atoms with van der Waals surface area (Å²) in [6.45, 7) is 4.07. The van der Waals surface area contributed by atoms with Crippen LogP contribution >= 0.6 is 0 Å². The molecule has 0 saturated carbocycles. The van der Waals surface area contributed by atoms with Crippen molar-refractivity contribution < 1.29 is 14.0 Å². The van der Waals surface area contributed by atoms with Gasteiger partial charge in [0, 0.05) is 38.3 Å². The first-order valence-corrected chi connectivity index (χ1v) is 8.69. The monoisotopic (exact) mass is 333 g/mol. The van der Waals surface area contributed by atoms with Crippen LogP contribution in [0.2, 0.25) is 0 Å². The number of piperidine rings is 1. The zero-order valence-electron chi connectivity index (χ0n) is 13.8. The molecule has 1 N–H and O–H groups in total. The lowest BCUT2D eigenvalue weighted by Gasteiger charge is -2.29. The Kier molecular flexibility index (Phi) is 5.45. The third kappa shape index (κ3) is 3.93. The van der Waals surface area contributed by atoms with Gasteiger partial charge in [0.25, 0.3) is 5.91 Å². The Morgan fingerprint density at radius 2 is 1.88 bits per heavy atom. The molecule has 0 aromatic heterocycles. The van der Waals surface area contributed by atoms with Crippen LogP contribution in [0.4, 0.5) is 4.39 Å². The van der Waals surface area contributed by atoms with E-state index in [1.165, 1.54) is 12.1 Å². The smallest absolute Gasteiger partial charge is 0.254 e. The van der Waals surface area contributed by atoms with Crippen molar-refractivity contribution in [1.82, 2.24) is 15.1 Å². The Morgan fingerprint density at radius 3 is 2.62 bits per heavy atom. The summed E-state index contributed by atoms with van der Waals surface area (Å²) in [6.07, 6.45) is 2.73. The number of hydrogen-bond acceptors (Lipinski definition) is 3. The number of carbonyl (C=O) groups is 2. The summed E-state index contributed by atoms with van der Waals surface area (Å²) < 4.78 is 13.3. The van der Waals surface area contributed by atoms with E-state index in [-0.39, 0.29) is 17.7 Å². The van der Waals surface area contributed by atoms with Crippen LogP contribution in [0.15, 0.2) is 24.3 Å². The largest absolute Gasteiger partial charge is 0.341 e. The number of benzene rings is 1. The van der Waals surface area contributed by atoms with Crippen molar-refractivity contribution in [1.29, 1.82) is 0 Å². The summed E-state index contributed by atoms with van der Waals surface area (Å²) >= 11 is 0. The van der Waals surface area contributed by atoms with Gasteiger partial charge < -0.3 is 15.1 Å². The summed E-state index contributed by atoms with van der Waals surface area (Å²) in [5.41, 5.74) is 0.367. The maximum absolute atomic E-state index is 13.3. The van der Waals surface area contributed by atoms with E-state index < -0.39 is 5.82 Å². The van der Waals surface area contributed by atoms with Gasteiger partial charge in [-0.2, -0.15) is 0 Å². The van der Waals surface area contributed by atoms with Gasteiger partial charge in [-0.1, -0.05) is 6.07 Å². The van der Waals surface area contributed by atoms with E-state index in [4.69, 9.17) is 0 Å². The molecule has 2 aliphatic rings. The van der Waals surface area contributed by atoms with E-state index >= 15 is 0 Å². The highest BCUT2D eigenvalue weighted by molar-refractivity contribution is 5.94. The molecule has 2 heterocycles. The zero-order valence-corrected chi connectivity index (χ0v) is 13.8. The molecule has 0 bridgehead atoms. The van der Waals surface area contributed by atoms with E-state index in [1.54, 1.807) is 17.0 Å². The van der Waals surface area contributed by atoms with E-state index in [9.17, 15) is 14.0 Å². The lowest BCUT2D eigenvalue weighted by molar-refractivity contribution is -0.135. The molecule has 2 fully saturated rings. The molecule has 6 heteroatoms.